The normalized spacial score (nSPS) is 13.8. The maximum absolute atomic E-state index is 12.6. The van der Waals surface area contributed by atoms with Crippen LogP contribution in [0.25, 0.3) is 10.9 Å². The summed E-state index contributed by atoms with van der Waals surface area (Å²) in [5.41, 5.74) is 2.38. The number of benzene rings is 2. The molecular weight excluding hydrogens is 296 g/mol. The number of hydrogen-bond acceptors (Lipinski definition) is 2. The summed E-state index contributed by atoms with van der Waals surface area (Å²) in [6, 6.07) is 16.4. The van der Waals surface area contributed by atoms with Crippen molar-refractivity contribution in [3.63, 3.8) is 0 Å². The molecule has 112 valence electrons. The SMILES string of the molecule is Cc1ccc(S(=O)(O)=Nc2cccc3ccc[n+](C)c23)cc1. The lowest BCUT2D eigenvalue weighted by Crippen LogP contribution is -2.27. The summed E-state index contributed by atoms with van der Waals surface area (Å²) in [6.07, 6.45) is 1.90. The molecule has 0 spiro atoms. The van der Waals surface area contributed by atoms with Crippen molar-refractivity contribution in [3.05, 3.63) is 66.4 Å². The van der Waals surface area contributed by atoms with Gasteiger partial charge < -0.3 is 0 Å². The van der Waals surface area contributed by atoms with Gasteiger partial charge in [-0.25, -0.2) is 4.21 Å². The zero-order valence-corrected chi connectivity index (χ0v) is 13.2. The van der Waals surface area contributed by atoms with E-state index in [0.717, 1.165) is 16.5 Å². The summed E-state index contributed by atoms with van der Waals surface area (Å²) < 4.78 is 29.0. The molecule has 1 aromatic heterocycles. The second kappa shape index (κ2) is 5.51. The summed E-state index contributed by atoms with van der Waals surface area (Å²) in [5, 5.41) is 0.977. The lowest BCUT2D eigenvalue weighted by molar-refractivity contribution is -0.644. The Morgan fingerprint density at radius 1 is 1.05 bits per heavy atom. The van der Waals surface area contributed by atoms with E-state index in [1.54, 1.807) is 18.2 Å². The highest BCUT2D eigenvalue weighted by atomic mass is 32.2. The molecule has 3 rings (SSSR count). The Morgan fingerprint density at radius 2 is 1.73 bits per heavy atom. The quantitative estimate of drug-likeness (QED) is 0.735. The van der Waals surface area contributed by atoms with Crippen LogP contribution < -0.4 is 4.57 Å². The maximum Gasteiger partial charge on any atom is 0.239 e. The average molecular weight is 313 g/mol. The largest absolute Gasteiger partial charge is 0.296 e. The Hall–Kier alpha value is -2.24. The molecular formula is C17H17N2O2S+. The highest BCUT2D eigenvalue weighted by Crippen LogP contribution is 2.25. The molecule has 0 saturated carbocycles. The number of nitrogens with zero attached hydrogens (tertiary/aromatic N) is 2. The zero-order valence-electron chi connectivity index (χ0n) is 12.4. The lowest BCUT2D eigenvalue weighted by Gasteiger charge is -2.05. The minimum atomic E-state index is -3.48. The van der Waals surface area contributed by atoms with Gasteiger partial charge in [0.1, 0.15) is 12.7 Å². The van der Waals surface area contributed by atoms with E-state index in [2.05, 4.69) is 4.36 Å². The smallest absolute Gasteiger partial charge is 0.239 e. The van der Waals surface area contributed by atoms with E-state index in [9.17, 15) is 8.76 Å². The topological polar surface area (TPSA) is 53.5 Å². The lowest BCUT2D eigenvalue weighted by atomic mass is 10.2. The summed E-state index contributed by atoms with van der Waals surface area (Å²) in [7, 11) is -1.58. The predicted octanol–water partition coefficient (Wildman–Crippen LogP) is 3.60. The van der Waals surface area contributed by atoms with Gasteiger partial charge in [0.05, 0.1) is 4.90 Å². The van der Waals surface area contributed by atoms with Crippen LogP contribution in [-0.4, -0.2) is 8.76 Å². The Balaban J connectivity index is 2.24. The number of aromatic nitrogens is 1. The first kappa shape index (κ1) is 14.7. The molecule has 0 radical (unpaired) electrons. The Kier molecular flexibility index (Phi) is 3.68. The van der Waals surface area contributed by atoms with Gasteiger partial charge in [-0.2, -0.15) is 8.93 Å². The van der Waals surface area contributed by atoms with Crippen LogP contribution >= 0.6 is 0 Å². The van der Waals surface area contributed by atoms with E-state index in [0.29, 0.717) is 10.6 Å². The zero-order chi connectivity index (χ0) is 15.7. The third-order valence-electron chi connectivity index (χ3n) is 3.53. The molecule has 22 heavy (non-hydrogen) atoms. The van der Waals surface area contributed by atoms with Crippen molar-refractivity contribution in [3.8, 4) is 0 Å². The van der Waals surface area contributed by atoms with Crippen LogP contribution in [0.5, 0.6) is 0 Å². The number of hydrogen-bond donors (Lipinski definition) is 1. The van der Waals surface area contributed by atoms with Crippen LogP contribution in [0.15, 0.2) is 70.1 Å². The second-order valence-corrected chi connectivity index (χ2v) is 6.88. The van der Waals surface area contributed by atoms with Gasteiger partial charge in [0, 0.05) is 11.5 Å². The molecule has 0 fully saturated rings. The Bertz CT molecular complexity index is 951. The summed E-state index contributed by atoms with van der Waals surface area (Å²) >= 11 is 0. The molecule has 0 aliphatic carbocycles. The Morgan fingerprint density at radius 3 is 2.45 bits per heavy atom. The van der Waals surface area contributed by atoms with Crippen LogP contribution in [0.2, 0.25) is 0 Å². The third kappa shape index (κ3) is 2.73. The minimum absolute atomic E-state index is 0.314. The van der Waals surface area contributed by atoms with Gasteiger partial charge in [-0.15, -0.1) is 0 Å². The molecule has 0 amide bonds. The highest BCUT2D eigenvalue weighted by molar-refractivity contribution is 7.88. The number of rotatable bonds is 2. The van der Waals surface area contributed by atoms with Crippen LogP contribution in [0.1, 0.15) is 5.56 Å². The van der Waals surface area contributed by atoms with Crippen molar-refractivity contribution >= 4 is 26.6 Å². The number of aryl methyl sites for hydroxylation is 2. The Labute approximate surface area is 130 Å². The van der Waals surface area contributed by atoms with Gasteiger partial charge in [-0.1, -0.05) is 23.8 Å². The minimum Gasteiger partial charge on any atom is -0.296 e. The highest BCUT2D eigenvalue weighted by Gasteiger charge is 2.14. The van der Waals surface area contributed by atoms with Gasteiger partial charge in [0.2, 0.25) is 5.52 Å². The molecule has 1 heterocycles. The predicted molar refractivity (Wildman–Crippen MR) is 87.4 cm³/mol. The van der Waals surface area contributed by atoms with Crippen LogP contribution in [0, 0.1) is 6.92 Å². The molecule has 1 atom stereocenters. The second-order valence-electron chi connectivity index (χ2n) is 5.24. The van der Waals surface area contributed by atoms with E-state index >= 15 is 0 Å². The van der Waals surface area contributed by atoms with E-state index in [1.165, 1.54) is 0 Å². The molecule has 2 aromatic carbocycles. The van der Waals surface area contributed by atoms with E-state index in [-0.39, 0.29) is 0 Å². The molecule has 0 bridgehead atoms. The third-order valence-corrected chi connectivity index (χ3v) is 4.86. The van der Waals surface area contributed by atoms with E-state index in [1.807, 2.05) is 61.1 Å². The standard InChI is InChI=1S/C17H16N2O2S/c1-13-8-10-15(11-9-13)22(20,21)18-16-7-3-5-14-6-4-12-19(2)17(14)16/h3-12H,1-2H3/p+1. The van der Waals surface area contributed by atoms with E-state index < -0.39 is 10.0 Å². The fourth-order valence-corrected chi connectivity index (χ4v) is 3.40. The van der Waals surface area contributed by atoms with Crippen molar-refractivity contribution in [1.29, 1.82) is 0 Å². The fraction of sp³-hybridized carbons (Fsp3) is 0.118. The van der Waals surface area contributed by atoms with Crippen molar-refractivity contribution in [2.45, 2.75) is 11.8 Å². The molecule has 4 nitrogen and oxygen atoms in total. The average Bonchev–Trinajstić information content (AvgIpc) is 2.47. The molecule has 3 aromatic rings. The van der Waals surface area contributed by atoms with Crippen LogP contribution in [0.4, 0.5) is 5.69 Å². The first-order chi connectivity index (χ1) is 10.5. The summed E-state index contributed by atoms with van der Waals surface area (Å²) in [5.74, 6) is 0. The van der Waals surface area contributed by atoms with Crippen LogP contribution in [0.3, 0.4) is 0 Å². The van der Waals surface area contributed by atoms with E-state index in [4.69, 9.17) is 0 Å². The first-order valence-electron chi connectivity index (χ1n) is 6.91. The summed E-state index contributed by atoms with van der Waals surface area (Å²) in [6.45, 7) is 1.94. The van der Waals surface area contributed by atoms with Gasteiger partial charge in [-0.3, -0.25) is 4.55 Å². The van der Waals surface area contributed by atoms with Gasteiger partial charge in [0.15, 0.2) is 16.2 Å². The number of fused-ring (bicyclic) bond motifs is 1. The number of para-hydroxylation sites is 1. The van der Waals surface area contributed by atoms with Crippen molar-refractivity contribution in [2.24, 2.45) is 11.4 Å². The molecule has 0 saturated heterocycles. The van der Waals surface area contributed by atoms with Crippen molar-refractivity contribution in [1.82, 2.24) is 0 Å². The van der Waals surface area contributed by atoms with Crippen molar-refractivity contribution in [2.75, 3.05) is 0 Å². The molecule has 1 N–H and O–H groups in total. The molecule has 0 aliphatic rings. The number of pyridine rings is 1. The molecule has 1 unspecified atom stereocenters. The molecule has 5 heteroatoms. The van der Waals surface area contributed by atoms with Crippen LogP contribution in [-0.2, 0) is 17.1 Å². The maximum atomic E-state index is 12.6. The van der Waals surface area contributed by atoms with Gasteiger partial charge >= 0.3 is 0 Å². The first-order valence-corrected chi connectivity index (χ1v) is 8.38. The van der Waals surface area contributed by atoms with Gasteiger partial charge in [0.25, 0.3) is 0 Å². The monoisotopic (exact) mass is 313 g/mol. The summed E-state index contributed by atoms with van der Waals surface area (Å²) in [4.78, 5) is 0.314. The fourth-order valence-electron chi connectivity index (χ4n) is 2.39. The van der Waals surface area contributed by atoms with Crippen molar-refractivity contribution < 1.29 is 13.3 Å². The van der Waals surface area contributed by atoms with Gasteiger partial charge in [-0.05, 0) is 37.3 Å². The molecule has 0 aliphatic heterocycles.